The van der Waals surface area contributed by atoms with E-state index in [2.05, 4.69) is 15.3 Å². The van der Waals surface area contributed by atoms with Crippen molar-refractivity contribution in [2.45, 2.75) is 11.7 Å². The van der Waals surface area contributed by atoms with Crippen molar-refractivity contribution in [1.82, 2.24) is 20.2 Å². The Kier molecular flexibility index (Phi) is 4.38. The number of nitrogens with one attached hydrogen (secondary N) is 1. The van der Waals surface area contributed by atoms with Crippen molar-refractivity contribution in [1.29, 1.82) is 0 Å². The highest BCUT2D eigenvalue weighted by Crippen LogP contribution is 2.20. The Hall–Kier alpha value is -2.67. The predicted molar refractivity (Wildman–Crippen MR) is 87.3 cm³/mol. The van der Waals surface area contributed by atoms with Crippen molar-refractivity contribution >= 4 is 29.8 Å². The first-order valence-corrected chi connectivity index (χ1v) is 8.15. The molecular formula is C16H14N4O2S. The van der Waals surface area contributed by atoms with E-state index < -0.39 is 11.9 Å². The molecule has 2 aromatic rings. The van der Waals surface area contributed by atoms with Gasteiger partial charge in [0, 0.05) is 6.20 Å². The molecule has 0 aliphatic carbocycles. The van der Waals surface area contributed by atoms with E-state index in [-0.39, 0.29) is 5.70 Å². The zero-order chi connectivity index (χ0) is 16.2. The predicted octanol–water partition coefficient (Wildman–Crippen LogP) is 2.29. The van der Waals surface area contributed by atoms with Crippen molar-refractivity contribution in [3.63, 3.8) is 0 Å². The summed E-state index contributed by atoms with van der Waals surface area (Å²) in [7, 11) is 0. The van der Waals surface area contributed by atoms with E-state index in [0.29, 0.717) is 17.4 Å². The van der Waals surface area contributed by atoms with Crippen LogP contribution in [0.1, 0.15) is 11.3 Å². The van der Waals surface area contributed by atoms with Crippen LogP contribution in [0, 0.1) is 0 Å². The second-order valence-corrected chi connectivity index (χ2v) is 5.60. The van der Waals surface area contributed by atoms with E-state index >= 15 is 0 Å². The summed E-state index contributed by atoms with van der Waals surface area (Å²) >= 11 is 1.41. The summed E-state index contributed by atoms with van der Waals surface area (Å²) in [4.78, 5) is 33.9. The Balaban J connectivity index is 1.92. The quantitative estimate of drug-likeness (QED) is 0.404. The van der Waals surface area contributed by atoms with Crippen LogP contribution in [-0.2, 0) is 11.3 Å². The molecule has 3 rings (SSSR count). The zero-order valence-electron chi connectivity index (χ0n) is 12.4. The first kappa shape index (κ1) is 15.2. The number of imide groups is 1. The third kappa shape index (κ3) is 3.40. The van der Waals surface area contributed by atoms with E-state index in [1.165, 1.54) is 16.7 Å². The van der Waals surface area contributed by atoms with Gasteiger partial charge in [-0.25, -0.2) is 14.8 Å². The van der Waals surface area contributed by atoms with Gasteiger partial charge in [-0.3, -0.25) is 15.0 Å². The molecule has 1 aromatic carbocycles. The number of benzene rings is 1. The molecule has 1 N–H and O–H groups in total. The number of amides is 3. The minimum atomic E-state index is -0.427. The van der Waals surface area contributed by atoms with Gasteiger partial charge in [0.05, 0.1) is 12.2 Å². The van der Waals surface area contributed by atoms with E-state index in [9.17, 15) is 9.59 Å². The Morgan fingerprint density at radius 1 is 1.22 bits per heavy atom. The lowest BCUT2D eigenvalue weighted by Gasteiger charge is -2.15. The molecule has 0 radical (unpaired) electrons. The molecule has 6 nitrogen and oxygen atoms in total. The molecule has 0 saturated carbocycles. The van der Waals surface area contributed by atoms with Crippen LogP contribution in [0.15, 0.2) is 53.4 Å². The molecule has 0 atom stereocenters. The van der Waals surface area contributed by atoms with E-state index in [1.54, 1.807) is 18.3 Å². The average molecular weight is 326 g/mol. The van der Waals surface area contributed by atoms with Gasteiger partial charge < -0.3 is 0 Å². The molecule has 116 valence electrons. The number of nitrogens with zero attached hydrogens (tertiary/aromatic N) is 3. The second kappa shape index (κ2) is 6.62. The monoisotopic (exact) mass is 326 g/mol. The Bertz CT molecular complexity index is 777. The molecule has 1 saturated heterocycles. The van der Waals surface area contributed by atoms with Gasteiger partial charge in [0.2, 0.25) is 0 Å². The number of carbonyl (C=O) groups is 2. The van der Waals surface area contributed by atoms with Crippen molar-refractivity contribution in [2.24, 2.45) is 0 Å². The lowest BCUT2D eigenvalue weighted by Crippen LogP contribution is -2.27. The number of carbonyl (C=O) groups excluding carboxylic acids is 2. The molecule has 7 heteroatoms. The SMILES string of the molecule is CSc1nccc(/C=C2/C(=O)NC(=O)N2Cc2ccccc2)n1. The van der Waals surface area contributed by atoms with Crippen LogP contribution in [0.4, 0.5) is 4.79 Å². The van der Waals surface area contributed by atoms with Gasteiger partial charge in [0.1, 0.15) is 5.70 Å². The van der Waals surface area contributed by atoms with Crippen molar-refractivity contribution in [2.75, 3.05) is 6.26 Å². The summed E-state index contributed by atoms with van der Waals surface area (Å²) in [5.74, 6) is -0.421. The van der Waals surface area contributed by atoms with Gasteiger partial charge in [-0.15, -0.1) is 0 Å². The van der Waals surface area contributed by atoms with E-state index in [4.69, 9.17) is 0 Å². The number of hydrogen-bond donors (Lipinski definition) is 1. The van der Waals surface area contributed by atoms with Crippen LogP contribution in [0.2, 0.25) is 0 Å². The van der Waals surface area contributed by atoms with Gasteiger partial charge in [-0.2, -0.15) is 0 Å². The third-order valence-electron chi connectivity index (χ3n) is 3.29. The number of thioether (sulfide) groups is 1. The maximum Gasteiger partial charge on any atom is 0.329 e. The first-order chi connectivity index (χ1) is 11.2. The molecule has 1 fully saturated rings. The van der Waals surface area contributed by atoms with Gasteiger partial charge in [-0.05, 0) is 24.0 Å². The van der Waals surface area contributed by atoms with Crippen LogP contribution >= 0.6 is 11.8 Å². The summed E-state index contributed by atoms with van der Waals surface area (Å²) in [5.41, 5.74) is 1.81. The fourth-order valence-electron chi connectivity index (χ4n) is 2.20. The van der Waals surface area contributed by atoms with Crippen LogP contribution in [0.3, 0.4) is 0 Å². The zero-order valence-corrected chi connectivity index (χ0v) is 13.2. The van der Waals surface area contributed by atoms with Gasteiger partial charge >= 0.3 is 6.03 Å². The van der Waals surface area contributed by atoms with Crippen LogP contribution in [0.5, 0.6) is 0 Å². The second-order valence-electron chi connectivity index (χ2n) is 4.83. The van der Waals surface area contributed by atoms with Crippen molar-refractivity contribution < 1.29 is 9.59 Å². The lowest BCUT2D eigenvalue weighted by molar-refractivity contribution is -0.116. The minimum absolute atomic E-state index is 0.282. The minimum Gasteiger partial charge on any atom is -0.284 e. The largest absolute Gasteiger partial charge is 0.329 e. The number of hydrogen-bond acceptors (Lipinski definition) is 5. The van der Waals surface area contributed by atoms with E-state index in [0.717, 1.165) is 5.56 Å². The fourth-order valence-corrected chi connectivity index (χ4v) is 2.56. The van der Waals surface area contributed by atoms with Crippen molar-refractivity contribution in [3.8, 4) is 0 Å². The van der Waals surface area contributed by atoms with Gasteiger partial charge in [0.15, 0.2) is 5.16 Å². The maximum absolute atomic E-state index is 12.1. The molecule has 1 aromatic heterocycles. The summed E-state index contributed by atoms with van der Waals surface area (Å²) in [5, 5.41) is 2.93. The highest BCUT2D eigenvalue weighted by molar-refractivity contribution is 7.98. The molecular weight excluding hydrogens is 312 g/mol. The molecule has 3 amide bonds. The third-order valence-corrected chi connectivity index (χ3v) is 3.86. The summed E-state index contributed by atoms with van der Waals surface area (Å²) in [6, 6.07) is 10.8. The summed E-state index contributed by atoms with van der Waals surface area (Å²) in [6.07, 6.45) is 5.10. The molecule has 0 unspecified atom stereocenters. The fraction of sp³-hybridized carbons (Fsp3) is 0.125. The Morgan fingerprint density at radius 3 is 2.74 bits per heavy atom. The van der Waals surface area contributed by atoms with Gasteiger partial charge in [-0.1, -0.05) is 42.1 Å². The normalized spacial score (nSPS) is 16.0. The van der Waals surface area contributed by atoms with E-state index in [1.807, 2.05) is 36.6 Å². The topological polar surface area (TPSA) is 75.2 Å². The van der Waals surface area contributed by atoms with Crippen molar-refractivity contribution in [3.05, 3.63) is 59.5 Å². The number of urea groups is 1. The average Bonchev–Trinajstić information content (AvgIpc) is 2.83. The summed E-state index contributed by atoms with van der Waals surface area (Å²) in [6.45, 7) is 0.324. The molecule has 23 heavy (non-hydrogen) atoms. The highest BCUT2D eigenvalue weighted by atomic mass is 32.2. The van der Waals surface area contributed by atoms with Crippen LogP contribution in [0.25, 0.3) is 6.08 Å². The Labute approximate surface area is 137 Å². The molecule has 1 aliphatic heterocycles. The molecule has 0 bridgehead atoms. The maximum atomic E-state index is 12.1. The standard InChI is InChI=1S/C16H14N4O2S/c1-23-15-17-8-7-12(18-15)9-13-14(21)19-16(22)20(13)10-11-5-3-2-4-6-11/h2-9H,10H2,1H3,(H,19,21,22)/b13-9-. The molecule has 0 spiro atoms. The number of rotatable bonds is 4. The molecule has 2 heterocycles. The Morgan fingerprint density at radius 2 is 2.00 bits per heavy atom. The number of aromatic nitrogens is 2. The first-order valence-electron chi connectivity index (χ1n) is 6.93. The smallest absolute Gasteiger partial charge is 0.284 e. The van der Waals surface area contributed by atoms with Gasteiger partial charge in [0.25, 0.3) is 5.91 Å². The summed E-state index contributed by atoms with van der Waals surface area (Å²) < 4.78 is 0. The van der Waals surface area contributed by atoms with Crippen LogP contribution < -0.4 is 5.32 Å². The highest BCUT2D eigenvalue weighted by Gasteiger charge is 2.33. The van der Waals surface area contributed by atoms with Crippen LogP contribution in [-0.4, -0.2) is 33.1 Å². The molecule has 1 aliphatic rings. The lowest BCUT2D eigenvalue weighted by atomic mass is 10.2.